The first kappa shape index (κ1) is 17.0. The highest BCUT2D eigenvalue weighted by Crippen LogP contribution is 2.20. The molecule has 1 atom stereocenters. The molecule has 1 unspecified atom stereocenters. The molecule has 2 N–H and O–H groups in total. The third kappa shape index (κ3) is 4.17. The van der Waals surface area contributed by atoms with Gasteiger partial charge in [0, 0.05) is 38.4 Å². The second-order valence-corrected chi connectivity index (χ2v) is 6.03. The van der Waals surface area contributed by atoms with Crippen LogP contribution in [0.2, 0.25) is 0 Å². The number of nitrogens with one attached hydrogen (secondary N) is 2. The summed E-state index contributed by atoms with van der Waals surface area (Å²) in [5.74, 6) is 0.850. The van der Waals surface area contributed by atoms with Crippen LogP contribution in [0.4, 0.5) is 5.69 Å². The minimum atomic E-state index is 0.0389. The highest BCUT2D eigenvalue weighted by Gasteiger charge is 2.31. The smallest absolute Gasteiger partial charge is 0.229 e. The third-order valence-corrected chi connectivity index (χ3v) is 4.20. The Bertz CT molecular complexity index is 739. The van der Waals surface area contributed by atoms with Crippen LogP contribution in [0.25, 0.3) is 0 Å². The van der Waals surface area contributed by atoms with Crippen molar-refractivity contribution in [3.05, 3.63) is 48.3 Å². The van der Waals surface area contributed by atoms with Crippen LogP contribution in [-0.2, 0) is 18.4 Å². The first-order chi connectivity index (χ1) is 12.2. The monoisotopic (exact) mass is 340 g/mol. The summed E-state index contributed by atoms with van der Waals surface area (Å²) in [6.07, 6.45) is 2.23. The zero-order valence-electron chi connectivity index (χ0n) is 14.6. The van der Waals surface area contributed by atoms with Gasteiger partial charge in [0.15, 0.2) is 5.96 Å². The number of hydrogen-bond acceptors (Lipinski definition) is 3. The van der Waals surface area contributed by atoms with Gasteiger partial charge in [0.2, 0.25) is 5.91 Å². The number of hydrogen-bond donors (Lipinski definition) is 2. The van der Waals surface area contributed by atoms with E-state index in [1.807, 2.05) is 60.0 Å². The van der Waals surface area contributed by atoms with Gasteiger partial charge in [0.25, 0.3) is 0 Å². The maximum Gasteiger partial charge on any atom is 0.229 e. The highest BCUT2D eigenvalue weighted by atomic mass is 16.2. The molecule has 1 saturated heterocycles. The fourth-order valence-corrected chi connectivity index (χ4v) is 2.89. The Morgan fingerprint density at radius 2 is 2.12 bits per heavy atom. The molecule has 1 aliphatic heterocycles. The largest absolute Gasteiger partial charge is 0.357 e. The predicted molar refractivity (Wildman–Crippen MR) is 98.4 cm³/mol. The first-order valence-corrected chi connectivity index (χ1v) is 8.54. The Labute approximate surface area is 147 Å². The van der Waals surface area contributed by atoms with Gasteiger partial charge in [-0.1, -0.05) is 18.2 Å². The lowest BCUT2D eigenvalue weighted by Crippen LogP contribution is -2.44. The summed E-state index contributed by atoms with van der Waals surface area (Å²) in [5, 5.41) is 10.8. The molecule has 132 valence electrons. The van der Waals surface area contributed by atoms with Crippen molar-refractivity contribution in [2.75, 3.05) is 18.0 Å². The zero-order valence-corrected chi connectivity index (χ0v) is 14.6. The molecular formula is C18H24N6O. The summed E-state index contributed by atoms with van der Waals surface area (Å²) in [4.78, 5) is 18.8. The van der Waals surface area contributed by atoms with Crippen LogP contribution >= 0.6 is 0 Å². The summed E-state index contributed by atoms with van der Waals surface area (Å²) >= 11 is 0. The van der Waals surface area contributed by atoms with Gasteiger partial charge >= 0.3 is 0 Å². The fourth-order valence-electron chi connectivity index (χ4n) is 2.89. The average Bonchev–Trinajstić information content (AvgIpc) is 3.19. The summed E-state index contributed by atoms with van der Waals surface area (Å²) in [6.45, 7) is 3.96. The van der Waals surface area contributed by atoms with E-state index in [9.17, 15) is 4.79 Å². The minimum Gasteiger partial charge on any atom is -0.357 e. The van der Waals surface area contributed by atoms with Crippen molar-refractivity contribution < 1.29 is 4.79 Å². The lowest BCUT2D eigenvalue weighted by atomic mass is 10.2. The highest BCUT2D eigenvalue weighted by molar-refractivity contribution is 5.97. The maximum absolute atomic E-state index is 12.3. The summed E-state index contributed by atoms with van der Waals surface area (Å²) in [5.41, 5.74) is 1.97. The number of aliphatic imine (C=N–C) groups is 1. The summed E-state index contributed by atoms with van der Waals surface area (Å²) in [6, 6.07) is 11.8. The van der Waals surface area contributed by atoms with Crippen LogP contribution in [0.3, 0.4) is 0 Å². The van der Waals surface area contributed by atoms with Gasteiger partial charge < -0.3 is 15.5 Å². The van der Waals surface area contributed by atoms with Crippen molar-refractivity contribution in [1.82, 2.24) is 20.4 Å². The molecule has 0 aliphatic carbocycles. The topological polar surface area (TPSA) is 74.5 Å². The van der Waals surface area contributed by atoms with Crippen molar-refractivity contribution in [2.24, 2.45) is 12.0 Å². The van der Waals surface area contributed by atoms with Crippen LogP contribution in [0.5, 0.6) is 0 Å². The molecule has 7 nitrogen and oxygen atoms in total. The van der Waals surface area contributed by atoms with Gasteiger partial charge in [-0.25, -0.2) is 4.99 Å². The molecule has 25 heavy (non-hydrogen) atoms. The van der Waals surface area contributed by atoms with E-state index in [1.54, 1.807) is 6.20 Å². The van der Waals surface area contributed by atoms with E-state index in [-0.39, 0.29) is 11.9 Å². The van der Waals surface area contributed by atoms with Crippen molar-refractivity contribution in [3.63, 3.8) is 0 Å². The molecule has 1 aromatic carbocycles. The molecule has 0 saturated carbocycles. The molecule has 3 rings (SSSR count). The van der Waals surface area contributed by atoms with Crippen molar-refractivity contribution in [2.45, 2.75) is 25.9 Å². The SMILES string of the molecule is CCNC(=NCc1ccnn1C)NC1CC(=O)N(c2ccccc2)C1. The summed E-state index contributed by atoms with van der Waals surface area (Å²) < 4.78 is 1.81. The number of amides is 1. The maximum atomic E-state index is 12.3. The number of nitrogens with zero attached hydrogens (tertiary/aromatic N) is 4. The number of aromatic nitrogens is 2. The van der Waals surface area contributed by atoms with E-state index in [0.29, 0.717) is 19.5 Å². The number of guanidine groups is 1. The molecule has 0 spiro atoms. The number of benzene rings is 1. The average molecular weight is 340 g/mol. The van der Waals surface area contributed by atoms with Crippen LogP contribution in [0.1, 0.15) is 19.0 Å². The Morgan fingerprint density at radius 1 is 1.32 bits per heavy atom. The van der Waals surface area contributed by atoms with E-state index >= 15 is 0 Å². The van der Waals surface area contributed by atoms with Crippen LogP contribution in [-0.4, -0.2) is 40.8 Å². The normalized spacial score (nSPS) is 17.8. The van der Waals surface area contributed by atoms with E-state index in [4.69, 9.17) is 0 Å². The van der Waals surface area contributed by atoms with Gasteiger partial charge in [0.1, 0.15) is 0 Å². The molecule has 1 aliphatic rings. The van der Waals surface area contributed by atoms with E-state index in [2.05, 4.69) is 20.7 Å². The number of carbonyl (C=O) groups is 1. The number of aryl methyl sites for hydroxylation is 1. The van der Waals surface area contributed by atoms with Crippen LogP contribution in [0, 0.1) is 0 Å². The van der Waals surface area contributed by atoms with Crippen molar-refractivity contribution in [1.29, 1.82) is 0 Å². The second kappa shape index (κ2) is 7.83. The van der Waals surface area contributed by atoms with Gasteiger partial charge in [-0.3, -0.25) is 9.48 Å². The molecule has 2 aromatic rings. The predicted octanol–water partition coefficient (Wildman–Crippen LogP) is 1.28. The Hall–Kier alpha value is -2.83. The van der Waals surface area contributed by atoms with Gasteiger partial charge in [0.05, 0.1) is 18.3 Å². The lowest BCUT2D eigenvalue weighted by molar-refractivity contribution is -0.117. The fraction of sp³-hybridized carbons (Fsp3) is 0.389. The van der Waals surface area contributed by atoms with Crippen LogP contribution < -0.4 is 15.5 Å². The minimum absolute atomic E-state index is 0.0389. The zero-order chi connectivity index (χ0) is 17.6. The van der Waals surface area contributed by atoms with Crippen LogP contribution in [0.15, 0.2) is 47.6 Å². The Morgan fingerprint density at radius 3 is 2.80 bits per heavy atom. The molecule has 1 aromatic heterocycles. The second-order valence-electron chi connectivity index (χ2n) is 6.03. The van der Waals surface area contributed by atoms with E-state index < -0.39 is 0 Å². The number of para-hydroxylation sites is 1. The van der Waals surface area contributed by atoms with E-state index in [1.165, 1.54) is 0 Å². The molecule has 0 radical (unpaired) electrons. The third-order valence-electron chi connectivity index (χ3n) is 4.20. The summed E-state index contributed by atoms with van der Waals surface area (Å²) in [7, 11) is 1.90. The van der Waals surface area contributed by atoms with E-state index in [0.717, 1.165) is 23.9 Å². The first-order valence-electron chi connectivity index (χ1n) is 8.54. The lowest BCUT2D eigenvalue weighted by Gasteiger charge is -2.19. The number of carbonyl (C=O) groups excluding carboxylic acids is 1. The van der Waals surface area contributed by atoms with Crippen molar-refractivity contribution in [3.8, 4) is 0 Å². The number of rotatable bonds is 5. The van der Waals surface area contributed by atoms with Crippen molar-refractivity contribution >= 4 is 17.6 Å². The van der Waals surface area contributed by atoms with Gasteiger partial charge in [-0.05, 0) is 25.1 Å². The molecule has 0 bridgehead atoms. The standard InChI is InChI=1S/C18H24N6O/c1-3-19-18(20-12-16-9-10-21-23(16)2)22-14-11-17(25)24(13-14)15-7-5-4-6-8-15/h4-10,14H,3,11-13H2,1-2H3,(H2,19,20,22). The Balaban J connectivity index is 1.64. The quantitative estimate of drug-likeness (QED) is 0.635. The molecular weight excluding hydrogens is 316 g/mol. The van der Waals surface area contributed by atoms with Gasteiger partial charge in [-0.15, -0.1) is 0 Å². The molecule has 2 heterocycles. The van der Waals surface area contributed by atoms with Gasteiger partial charge in [-0.2, -0.15) is 5.10 Å². The number of anilines is 1. The Kier molecular flexibility index (Phi) is 5.33. The molecule has 1 amide bonds. The molecule has 7 heteroatoms. The molecule has 1 fully saturated rings.